The summed E-state index contributed by atoms with van der Waals surface area (Å²) in [4.78, 5) is 9.91. The molecule has 1 aliphatic carbocycles. The van der Waals surface area contributed by atoms with Crippen LogP contribution in [0.15, 0.2) is 16.3 Å². The zero-order valence-corrected chi connectivity index (χ0v) is 10.8. The SMILES string of the molecule is N#CCN(C1CC1)S(=O)(=O)c1ccc([N+](=O)[O-])s1. The van der Waals surface area contributed by atoms with Gasteiger partial charge in [-0.25, -0.2) is 8.42 Å². The van der Waals surface area contributed by atoms with Gasteiger partial charge in [-0.3, -0.25) is 10.1 Å². The van der Waals surface area contributed by atoms with Gasteiger partial charge in [0.05, 0.1) is 11.0 Å². The maximum absolute atomic E-state index is 12.2. The molecule has 0 N–H and O–H groups in total. The van der Waals surface area contributed by atoms with Gasteiger partial charge in [-0.1, -0.05) is 0 Å². The first kappa shape index (κ1) is 12.9. The molecule has 18 heavy (non-hydrogen) atoms. The van der Waals surface area contributed by atoms with E-state index in [0.717, 1.165) is 23.2 Å². The smallest absolute Gasteiger partial charge is 0.258 e. The van der Waals surface area contributed by atoms with E-state index in [4.69, 9.17) is 5.26 Å². The van der Waals surface area contributed by atoms with Crippen molar-refractivity contribution in [1.82, 2.24) is 4.31 Å². The molecule has 0 saturated heterocycles. The van der Waals surface area contributed by atoms with Gasteiger partial charge in [0.25, 0.3) is 10.0 Å². The predicted molar refractivity (Wildman–Crippen MR) is 63.5 cm³/mol. The van der Waals surface area contributed by atoms with Crippen LogP contribution in [0.4, 0.5) is 5.00 Å². The van der Waals surface area contributed by atoms with Gasteiger partial charge in [0.2, 0.25) is 0 Å². The lowest BCUT2D eigenvalue weighted by molar-refractivity contribution is -0.380. The summed E-state index contributed by atoms with van der Waals surface area (Å²) in [6, 6.07) is 4.04. The van der Waals surface area contributed by atoms with Crippen LogP contribution in [0.1, 0.15) is 12.8 Å². The lowest BCUT2D eigenvalue weighted by atomic mass is 10.6. The van der Waals surface area contributed by atoms with E-state index < -0.39 is 14.9 Å². The molecule has 9 heteroatoms. The highest BCUT2D eigenvalue weighted by atomic mass is 32.2. The fraction of sp³-hybridized carbons (Fsp3) is 0.444. The normalized spacial score (nSPS) is 15.6. The summed E-state index contributed by atoms with van der Waals surface area (Å²) < 4.78 is 25.4. The molecule has 0 atom stereocenters. The van der Waals surface area contributed by atoms with Gasteiger partial charge in [-0.2, -0.15) is 9.57 Å². The Hall–Kier alpha value is -1.50. The molecular formula is C9H9N3O4S2. The first-order chi connectivity index (χ1) is 8.46. The second kappa shape index (κ2) is 4.64. The van der Waals surface area contributed by atoms with Crippen molar-refractivity contribution in [3.8, 4) is 6.07 Å². The summed E-state index contributed by atoms with van der Waals surface area (Å²) >= 11 is 0.609. The molecule has 96 valence electrons. The van der Waals surface area contributed by atoms with Crippen molar-refractivity contribution >= 4 is 26.4 Å². The molecule has 0 amide bonds. The Morgan fingerprint density at radius 1 is 1.56 bits per heavy atom. The van der Waals surface area contributed by atoms with Crippen LogP contribution in [0.2, 0.25) is 0 Å². The van der Waals surface area contributed by atoms with Gasteiger partial charge in [0.15, 0.2) is 0 Å². The van der Waals surface area contributed by atoms with Gasteiger partial charge in [-0.15, -0.1) is 0 Å². The Morgan fingerprint density at radius 3 is 2.67 bits per heavy atom. The van der Waals surface area contributed by atoms with Crippen molar-refractivity contribution in [1.29, 1.82) is 5.26 Å². The van der Waals surface area contributed by atoms with Crippen molar-refractivity contribution in [2.45, 2.75) is 23.1 Å². The Kier molecular flexibility index (Phi) is 3.34. The van der Waals surface area contributed by atoms with Crippen LogP contribution >= 0.6 is 11.3 Å². The number of nitro groups is 1. The zero-order chi connectivity index (χ0) is 13.3. The van der Waals surface area contributed by atoms with E-state index in [2.05, 4.69) is 0 Å². The molecule has 7 nitrogen and oxygen atoms in total. The van der Waals surface area contributed by atoms with Crippen molar-refractivity contribution in [2.24, 2.45) is 0 Å². The molecule has 0 aromatic carbocycles. The van der Waals surface area contributed by atoms with Gasteiger partial charge in [0, 0.05) is 12.1 Å². The molecule has 1 aromatic rings. The summed E-state index contributed by atoms with van der Waals surface area (Å²) in [5.41, 5.74) is 0. The Labute approximate surface area is 107 Å². The highest BCUT2D eigenvalue weighted by Gasteiger charge is 2.39. The lowest BCUT2D eigenvalue weighted by Gasteiger charge is -2.16. The topological polar surface area (TPSA) is 104 Å². The first-order valence-corrected chi connectivity index (χ1v) is 7.35. The summed E-state index contributed by atoms with van der Waals surface area (Å²) in [5.74, 6) is 0. The molecule has 1 heterocycles. The van der Waals surface area contributed by atoms with E-state index in [1.54, 1.807) is 0 Å². The molecular weight excluding hydrogens is 278 g/mol. The van der Waals surface area contributed by atoms with Crippen LogP contribution in [0, 0.1) is 21.4 Å². The van der Waals surface area contributed by atoms with E-state index in [-0.39, 0.29) is 21.8 Å². The van der Waals surface area contributed by atoms with Crippen molar-refractivity contribution in [3.63, 3.8) is 0 Å². The monoisotopic (exact) mass is 287 g/mol. The fourth-order valence-electron chi connectivity index (χ4n) is 1.51. The third kappa shape index (κ3) is 2.35. The second-order valence-electron chi connectivity index (χ2n) is 3.79. The fourth-order valence-corrected chi connectivity index (χ4v) is 4.32. The second-order valence-corrected chi connectivity index (χ2v) is 6.97. The van der Waals surface area contributed by atoms with E-state index >= 15 is 0 Å². The van der Waals surface area contributed by atoms with Crippen molar-refractivity contribution in [3.05, 3.63) is 22.2 Å². The third-order valence-electron chi connectivity index (χ3n) is 2.49. The summed E-state index contributed by atoms with van der Waals surface area (Å²) in [6.07, 6.45) is 1.46. The van der Waals surface area contributed by atoms with E-state index in [9.17, 15) is 18.5 Å². The molecule has 1 fully saturated rings. The van der Waals surface area contributed by atoms with Crippen molar-refractivity contribution in [2.75, 3.05) is 6.54 Å². The quantitative estimate of drug-likeness (QED) is 0.461. The maximum Gasteiger partial charge on any atom is 0.325 e. The number of sulfonamides is 1. The van der Waals surface area contributed by atoms with Gasteiger partial charge >= 0.3 is 5.00 Å². The zero-order valence-electron chi connectivity index (χ0n) is 9.14. The van der Waals surface area contributed by atoms with Crippen LogP contribution in [0.3, 0.4) is 0 Å². The molecule has 1 aliphatic rings. The van der Waals surface area contributed by atoms with Crippen LogP contribution < -0.4 is 0 Å². The number of nitrogens with zero attached hydrogens (tertiary/aromatic N) is 3. The highest BCUT2D eigenvalue weighted by Crippen LogP contribution is 2.35. The Morgan fingerprint density at radius 2 is 2.22 bits per heavy atom. The number of hydrogen-bond donors (Lipinski definition) is 0. The highest BCUT2D eigenvalue weighted by molar-refractivity contribution is 7.91. The molecule has 0 spiro atoms. The van der Waals surface area contributed by atoms with Crippen LogP contribution in [0.25, 0.3) is 0 Å². The Bertz CT molecular complexity index is 612. The minimum absolute atomic E-state index is 0.0867. The lowest BCUT2D eigenvalue weighted by Crippen LogP contribution is -2.32. The van der Waals surface area contributed by atoms with Gasteiger partial charge in [0.1, 0.15) is 10.8 Å². The molecule has 0 unspecified atom stereocenters. The molecule has 2 rings (SSSR count). The minimum Gasteiger partial charge on any atom is -0.258 e. The summed E-state index contributed by atoms with van der Waals surface area (Å²) in [5, 5.41) is 19.0. The Balaban J connectivity index is 2.33. The molecule has 0 bridgehead atoms. The molecule has 0 aliphatic heterocycles. The van der Waals surface area contributed by atoms with Crippen LogP contribution in [-0.2, 0) is 10.0 Å². The largest absolute Gasteiger partial charge is 0.325 e. The van der Waals surface area contributed by atoms with Crippen molar-refractivity contribution < 1.29 is 13.3 Å². The van der Waals surface area contributed by atoms with Gasteiger partial charge < -0.3 is 0 Å². The standard InChI is InChI=1S/C9H9N3O4S2/c10-5-6-11(7-1-2-7)18(15,16)9-4-3-8(17-9)12(13)14/h3-4,7H,1-2,6H2. The maximum atomic E-state index is 12.2. The van der Waals surface area contributed by atoms with E-state index in [0.29, 0.717) is 11.3 Å². The molecule has 0 radical (unpaired) electrons. The average molecular weight is 287 g/mol. The van der Waals surface area contributed by atoms with Crippen LogP contribution in [-0.4, -0.2) is 30.2 Å². The number of nitriles is 1. The summed E-state index contributed by atoms with van der Waals surface area (Å²) in [6.45, 7) is -0.224. The third-order valence-corrected chi connectivity index (χ3v) is 5.89. The predicted octanol–water partition coefficient (Wildman–Crippen LogP) is 1.33. The molecule has 1 aromatic heterocycles. The van der Waals surface area contributed by atoms with Gasteiger partial charge in [-0.05, 0) is 30.2 Å². The van der Waals surface area contributed by atoms with E-state index in [1.165, 1.54) is 6.07 Å². The van der Waals surface area contributed by atoms with Crippen LogP contribution in [0.5, 0.6) is 0 Å². The molecule has 1 saturated carbocycles. The first-order valence-electron chi connectivity index (χ1n) is 5.10. The number of hydrogen-bond acceptors (Lipinski definition) is 6. The number of rotatable bonds is 5. The van der Waals surface area contributed by atoms with E-state index in [1.807, 2.05) is 6.07 Å². The average Bonchev–Trinajstić information content (AvgIpc) is 2.99. The summed E-state index contributed by atoms with van der Waals surface area (Å²) in [7, 11) is -3.79. The number of thiophene rings is 1. The minimum atomic E-state index is -3.79.